The second kappa shape index (κ2) is 9.77. The van der Waals surface area contributed by atoms with E-state index in [2.05, 4.69) is 41.2 Å². The molecule has 2 aromatic carbocycles. The molecular weight excluding hydrogens is 402 g/mol. The number of benzene rings is 2. The number of methoxy groups -OCH3 is 3. The number of aromatic nitrogens is 2. The molecule has 0 N–H and O–H groups in total. The van der Waals surface area contributed by atoms with E-state index in [0.29, 0.717) is 40.2 Å². The zero-order valence-corrected chi connectivity index (χ0v) is 18.8. The fourth-order valence-electron chi connectivity index (χ4n) is 3.19. The first kappa shape index (κ1) is 21.9. The molecule has 1 aromatic heterocycles. The Bertz CT molecular complexity index is 1020. The summed E-state index contributed by atoms with van der Waals surface area (Å²) in [6.07, 6.45) is 1.04. The van der Waals surface area contributed by atoms with E-state index in [9.17, 15) is 0 Å². The van der Waals surface area contributed by atoms with Gasteiger partial charge in [0.1, 0.15) is 0 Å². The lowest BCUT2D eigenvalue weighted by atomic mass is 10.1. The number of aryl methyl sites for hydroxylation is 1. The average Bonchev–Trinajstić information content (AvgIpc) is 3.13. The highest BCUT2D eigenvalue weighted by molar-refractivity contribution is 7.71. The number of ether oxygens (including phenoxy) is 3. The summed E-state index contributed by atoms with van der Waals surface area (Å²) in [6.45, 7) is 3.43. The second-order valence-electron chi connectivity index (χ2n) is 6.91. The van der Waals surface area contributed by atoms with E-state index in [-0.39, 0.29) is 0 Å². The number of rotatable bonds is 9. The molecule has 0 atom stereocenters. The van der Waals surface area contributed by atoms with Crippen molar-refractivity contribution in [1.82, 2.24) is 14.7 Å². The van der Waals surface area contributed by atoms with Crippen molar-refractivity contribution in [3.8, 4) is 28.7 Å². The molecule has 0 saturated heterocycles. The van der Waals surface area contributed by atoms with Gasteiger partial charge in [-0.1, -0.05) is 31.2 Å². The summed E-state index contributed by atoms with van der Waals surface area (Å²) in [5.41, 5.74) is 3.25. The van der Waals surface area contributed by atoms with Crippen LogP contribution in [0.2, 0.25) is 0 Å². The predicted molar refractivity (Wildman–Crippen MR) is 118 cm³/mol. The molecular formula is C22H27N3O4S. The summed E-state index contributed by atoms with van der Waals surface area (Å²) in [5.74, 6) is 1.95. The molecule has 30 heavy (non-hydrogen) atoms. The van der Waals surface area contributed by atoms with Crippen LogP contribution in [-0.2, 0) is 19.6 Å². The third kappa shape index (κ3) is 4.83. The number of hydrogen-bond donors (Lipinski definition) is 0. The Morgan fingerprint density at radius 3 is 2.13 bits per heavy atom. The minimum atomic E-state index is 0.298. The highest BCUT2D eigenvalue weighted by atomic mass is 32.1. The molecule has 0 unspecified atom stereocenters. The van der Waals surface area contributed by atoms with Gasteiger partial charge in [-0.05, 0) is 48.9 Å². The van der Waals surface area contributed by atoms with Gasteiger partial charge in [0, 0.05) is 12.1 Å². The molecule has 3 aromatic rings. The number of nitrogens with zero attached hydrogens (tertiary/aromatic N) is 3. The van der Waals surface area contributed by atoms with Crippen molar-refractivity contribution in [1.29, 1.82) is 0 Å². The molecule has 160 valence electrons. The Balaban J connectivity index is 1.80. The van der Waals surface area contributed by atoms with Crippen LogP contribution in [0, 0.1) is 4.84 Å². The summed E-state index contributed by atoms with van der Waals surface area (Å²) in [5, 5.41) is 4.55. The quantitative estimate of drug-likeness (QED) is 0.462. The maximum absolute atomic E-state index is 5.74. The molecule has 0 amide bonds. The molecule has 0 aliphatic carbocycles. The Labute approximate surface area is 181 Å². The fourth-order valence-corrected chi connectivity index (χ4v) is 3.37. The molecule has 3 rings (SSSR count). The topological polar surface area (TPSA) is 61.9 Å². The van der Waals surface area contributed by atoms with Gasteiger partial charge >= 0.3 is 0 Å². The van der Waals surface area contributed by atoms with Crippen LogP contribution in [0.25, 0.3) is 11.5 Å². The van der Waals surface area contributed by atoms with Gasteiger partial charge < -0.3 is 18.6 Å². The first-order valence-corrected chi connectivity index (χ1v) is 10.0. The first-order valence-electron chi connectivity index (χ1n) is 9.63. The van der Waals surface area contributed by atoms with Gasteiger partial charge in [0.05, 0.1) is 28.0 Å². The smallest absolute Gasteiger partial charge is 0.288 e. The standard InChI is InChI=1S/C22H27N3O4S/c1-6-15-7-9-16(10-8-15)13-24(2)14-25-22(30)29-21(23-25)17-11-18(26-3)20(28-5)19(12-17)27-4/h7-12H,6,13-14H2,1-5H3. The Hall–Kier alpha value is -2.84. The van der Waals surface area contributed by atoms with E-state index >= 15 is 0 Å². The zero-order valence-electron chi connectivity index (χ0n) is 18.0. The maximum atomic E-state index is 5.74. The van der Waals surface area contributed by atoms with Crippen molar-refractivity contribution in [2.75, 3.05) is 28.4 Å². The molecule has 0 fully saturated rings. The molecule has 0 aliphatic rings. The largest absolute Gasteiger partial charge is 0.493 e. The van der Waals surface area contributed by atoms with Gasteiger partial charge in [0.25, 0.3) is 4.84 Å². The van der Waals surface area contributed by atoms with E-state index in [0.717, 1.165) is 13.0 Å². The predicted octanol–water partition coefficient (Wildman–Crippen LogP) is 4.55. The average molecular weight is 430 g/mol. The number of hydrogen-bond acceptors (Lipinski definition) is 7. The van der Waals surface area contributed by atoms with Crippen LogP contribution in [0.3, 0.4) is 0 Å². The van der Waals surface area contributed by atoms with Gasteiger partial charge in [-0.15, -0.1) is 5.10 Å². The molecule has 7 nitrogen and oxygen atoms in total. The molecule has 8 heteroatoms. The van der Waals surface area contributed by atoms with Gasteiger partial charge in [-0.3, -0.25) is 4.90 Å². The van der Waals surface area contributed by atoms with Crippen molar-refractivity contribution in [2.45, 2.75) is 26.6 Å². The Kier molecular flexibility index (Phi) is 7.12. The summed E-state index contributed by atoms with van der Waals surface area (Å²) in [6, 6.07) is 12.2. The lowest BCUT2D eigenvalue weighted by Gasteiger charge is -2.16. The third-order valence-corrected chi connectivity index (χ3v) is 5.07. The van der Waals surface area contributed by atoms with Gasteiger partial charge in [0.2, 0.25) is 11.6 Å². The van der Waals surface area contributed by atoms with Crippen LogP contribution >= 0.6 is 12.2 Å². The normalized spacial score (nSPS) is 11.0. The van der Waals surface area contributed by atoms with Crippen molar-refractivity contribution in [3.63, 3.8) is 0 Å². The molecule has 0 bridgehead atoms. The van der Waals surface area contributed by atoms with Crippen LogP contribution in [0.1, 0.15) is 18.1 Å². The first-order chi connectivity index (χ1) is 14.5. The summed E-state index contributed by atoms with van der Waals surface area (Å²) < 4.78 is 23.6. The summed E-state index contributed by atoms with van der Waals surface area (Å²) in [4.78, 5) is 2.42. The third-order valence-electron chi connectivity index (χ3n) is 4.78. The van der Waals surface area contributed by atoms with Gasteiger partial charge in [-0.25, -0.2) is 4.68 Å². The van der Waals surface area contributed by atoms with Crippen LogP contribution < -0.4 is 14.2 Å². The van der Waals surface area contributed by atoms with Crippen molar-refractivity contribution in [3.05, 3.63) is 52.4 Å². The minimum absolute atomic E-state index is 0.298. The second-order valence-corrected chi connectivity index (χ2v) is 7.26. The maximum Gasteiger partial charge on any atom is 0.288 e. The van der Waals surface area contributed by atoms with Gasteiger partial charge in [0.15, 0.2) is 11.5 Å². The van der Waals surface area contributed by atoms with E-state index in [1.807, 2.05) is 7.05 Å². The highest BCUT2D eigenvalue weighted by Crippen LogP contribution is 2.40. The van der Waals surface area contributed by atoms with Crippen molar-refractivity contribution >= 4 is 12.2 Å². The lowest BCUT2D eigenvalue weighted by Crippen LogP contribution is -2.22. The summed E-state index contributed by atoms with van der Waals surface area (Å²) >= 11 is 5.38. The Morgan fingerprint density at radius 2 is 1.60 bits per heavy atom. The molecule has 0 radical (unpaired) electrons. The summed E-state index contributed by atoms with van der Waals surface area (Å²) in [7, 11) is 6.71. The highest BCUT2D eigenvalue weighted by Gasteiger charge is 2.18. The van der Waals surface area contributed by atoms with Crippen LogP contribution in [0.4, 0.5) is 0 Å². The van der Waals surface area contributed by atoms with E-state index < -0.39 is 0 Å². The van der Waals surface area contributed by atoms with Gasteiger partial charge in [-0.2, -0.15) is 0 Å². The van der Waals surface area contributed by atoms with Crippen LogP contribution in [0.15, 0.2) is 40.8 Å². The van der Waals surface area contributed by atoms with Crippen LogP contribution in [0.5, 0.6) is 17.2 Å². The fraction of sp³-hybridized carbons (Fsp3) is 0.364. The monoisotopic (exact) mass is 429 g/mol. The van der Waals surface area contributed by atoms with E-state index in [1.165, 1.54) is 11.1 Å². The van der Waals surface area contributed by atoms with Crippen molar-refractivity contribution in [2.24, 2.45) is 0 Å². The zero-order chi connectivity index (χ0) is 21.7. The molecule has 0 spiro atoms. The van der Waals surface area contributed by atoms with E-state index in [1.54, 1.807) is 38.1 Å². The molecule has 0 aliphatic heterocycles. The molecule has 1 heterocycles. The van der Waals surface area contributed by atoms with Crippen LogP contribution in [-0.4, -0.2) is 43.1 Å². The molecule has 0 saturated carbocycles. The lowest BCUT2D eigenvalue weighted by molar-refractivity contribution is 0.240. The Morgan fingerprint density at radius 1 is 1.00 bits per heavy atom. The minimum Gasteiger partial charge on any atom is -0.493 e. The SMILES string of the molecule is CCc1ccc(CN(C)Cn2nc(-c3cc(OC)c(OC)c(OC)c3)oc2=S)cc1. The van der Waals surface area contributed by atoms with Crippen molar-refractivity contribution < 1.29 is 18.6 Å². The van der Waals surface area contributed by atoms with E-state index in [4.69, 9.17) is 30.8 Å².